The van der Waals surface area contributed by atoms with Crippen molar-refractivity contribution in [2.24, 2.45) is 5.10 Å². The fraction of sp³-hybridized carbons (Fsp3) is 0.0625. The molecule has 0 aliphatic carbocycles. The number of carbonyl (C=O) groups is 1. The third kappa shape index (κ3) is 3.96. The molecule has 25 heavy (non-hydrogen) atoms. The maximum absolute atomic E-state index is 12.0. The standard InChI is InChI=1S/C16H13N5O3S/c1-10-5-6-15(25-10)13-8-14(19-18-13)16(22)20-17-9-11-3-2-4-12(7-11)21(23)24/h2-9H,1H3,(H,18,19)(H,20,22)/b17-9+. The second kappa shape index (κ2) is 7.05. The van der Waals surface area contributed by atoms with Gasteiger partial charge in [0.25, 0.3) is 11.6 Å². The first-order chi connectivity index (χ1) is 12.0. The number of thiophene rings is 1. The van der Waals surface area contributed by atoms with Crippen LogP contribution in [0.2, 0.25) is 0 Å². The summed E-state index contributed by atoms with van der Waals surface area (Å²) in [6, 6.07) is 11.5. The SMILES string of the molecule is Cc1ccc(-c2cc(C(=O)N/N=C/c3cccc([N+](=O)[O-])c3)n[nH]2)s1. The molecular weight excluding hydrogens is 342 g/mol. The average Bonchev–Trinajstić information content (AvgIpc) is 3.24. The van der Waals surface area contributed by atoms with Crippen LogP contribution in [0.25, 0.3) is 10.6 Å². The van der Waals surface area contributed by atoms with Crippen molar-refractivity contribution in [3.63, 3.8) is 0 Å². The van der Waals surface area contributed by atoms with E-state index in [0.717, 1.165) is 15.4 Å². The minimum atomic E-state index is -0.493. The summed E-state index contributed by atoms with van der Waals surface area (Å²) in [5.41, 5.74) is 3.77. The number of benzene rings is 1. The van der Waals surface area contributed by atoms with E-state index in [9.17, 15) is 14.9 Å². The Balaban J connectivity index is 1.66. The maximum atomic E-state index is 12.0. The summed E-state index contributed by atoms with van der Waals surface area (Å²) in [6.45, 7) is 2.00. The lowest BCUT2D eigenvalue weighted by Crippen LogP contribution is -2.18. The monoisotopic (exact) mass is 355 g/mol. The van der Waals surface area contributed by atoms with E-state index in [1.54, 1.807) is 29.5 Å². The molecule has 2 heterocycles. The first kappa shape index (κ1) is 16.5. The van der Waals surface area contributed by atoms with Gasteiger partial charge in [-0.1, -0.05) is 12.1 Å². The van der Waals surface area contributed by atoms with Crippen LogP contribution in [0.3, 0.4) is 0 Å². The minimum Gasteiger partial charge on any atom is -0.276 e. The topological polar surface area (TPSA) is 113 Å². The molecular formula is C16H13N5O3S. The van der Waals surface area contributed by atoms with Crippen molar-refractivity contribution in [1.29, 1.82) is 0 Å². The number of rotatable bonds is 5. The Morgan fingerprint density at radius 2 is 2.20 bits per heavy atom. The van der Waals surface area contributed by atoms with Crippen molar-refractivity contribution in [3.8, 4) is 10.6 Å². The van der Waals surface area contributed by atoms with Gasteiger partial charge in [0, 0.05) is 22.6 Å². The number of nitro groups is 1. The highest BCUT2D eigenvalue weighted by Crippen LogP contribution is 2.26. The van der Waals surface area contributed by atoms with Crippen LogP contribution in [0.5, 0.6) is 0 Å². The van der Waals surface area contributed by atoms with Gasteiger partial charge in [-0.2, -0.15) is 10.2 Å². The van der Waals surface area contributed by atoms with Crippen molar-refractivity contribution in [2.75, 3.05) is 0 Å². The number of hydrogen-bond acceptors (Lipinski definition) is 6. The Morgan fingerprint density at radius 3 is 2.92 bits per heavy atom. The number of nitrogens with zero attached hydrogens (tertiary/aromatic N) is 3. The van der Waals surface area contributed by atoms with Gasteiger partial charge in [-0.05, 0) is 25.1 Å². The third-order valence-electron chi connectivity index (χ3n) is 3.28. The second-order valence-electron chi connectivity index (χ2n) is 5.13. The molecule has 2 aromatic heterocycles. The second-order valence-corrected chi connectivity index (χ2v) is 6.42. The van der Waals surface area contributed by atoms with E-state index < -0.39 is 10.8 Å². The predicted molar refractivity (Wildman–Crippen MR) is 94.8 cm³/mol. The number of amides is 1. The van der Waals surface area contributed by atoms with Crippen LogP contribution < -0.4 is 5.43 Å². The number of hydrogen-bond donors (Lipinski definition) is 2. The summed E-state index contributed by atoms with van der Waals surface area (Å²) in [7, 11) is 0. The predicted octanol–water partition coefficient (Wildman–Crippen LogP) is 3.12. The molecule has 3 rings (SSSR count). The number of non-ortho nitro benzene ring substituents is 1. The molecule has 1 aromatic carbocycles. The maximum Gasteiger partial charge on any atom is 0.291 e. The van der Waals surface area contributed by atoms with Gasteiger partial charge in [-0.3, -0.25) is 20.0 Å². The van der Waals surface area contributed by atoms with Crippen LogP contribution in [0.4, 0.5) is 5.69 Å². The largest absolute Gasteiger partial charge is 0.291 e. The van der Waals surface area contributed by atoms with E-state index in [4.69, 9.17) is 0 Å². The molecule has 9 heteroatoms. The molecule has 0 fully saturated rings. The molecule has 3 aromatic rings. The van der Waals surface area contributed by atoms with Gasteiger partial charge in [0.2, 0.25) is 0 Å². The van der Waals surface area contributed by atoms with Crippen molar-refractivity contribution in [1.82, 2.24) is 15.6 Å². The molecule has 8 nitrogen and oxygen atoms in total. The van der Waals surface area contributed by atoms with E-state index in [-0.39, 0.29) is 11.4 Å². The summed E-state index contributed by atoms with van der Waals surface area (Å²) in [5.74, 6) is -0.475. The highest BCUT2D eigenvalue weighted by Gasteiger charge is 2.11. The first-order valence-corrected chi connectivity index (χ1v) is 8.04. The molecule has 0 saturated carbocycles. The quantitative estimate of drug-likeness (QED) is 0.416. The molecule has 0 aliphatic rings. The molecule has 126 valence electrons. The molecule has 0 unspecified atom stereocenters. The minimum absolute atomic E-state index is 0.0431. The van der Waals surface area contributed by atoms with Crippen LogP contribution in [-0.4, -0.2) is 27.2 Å². The number of aryl methyl sites for hydroxylation is 1. The van der Waals surface area contributed by atoms with Crippen LogP contribution in [-0.2, 0) is 0 Å². The smallest absolute Gasteiger partial charge is 0.276 e. The molecule has 1 amide bonds. The van der Waals surface area contributed by atoms with Gasteiger partial charge < -0.3 is 0 Å². The van der Waals surface area contributed by atoms with E-state index in [2.05, 4.69) is 20.7 Å². The molecule has 0 aliphatic heterocycles. The Kier molecular flexibility index (Phi) is 4.66. The number of H-pyrrole nitrogens is 1. The molecule has 0 bridgehead atoms. The summed E-state index contributed by atoms with van der Waals surface area (Å²) in [4.78, 5) is 24.4. The van der Waals surface area contributed by atoms with Crippen LogP contribution in [0.15, 0.2) is 47.6 Å². The first-order valence-electron chi connectivity index (χ1n) is 7.23. The van der Waals surface area contributed by atoms with Crippen LogP contribution in [0.1, 0.15) is 20.9 Å². The van der Waals surface area contributed by atoms with Gasteiger partial charge >= 0.3 is 0 Å². The molecule has 0 saturated heterocycles. The fourth-order valence-electron chi connectivity index (χ4n) is 2.08. The lowest BCUT2D eigenvalue weighted by molar-refractivity contribution is -0.384. The number of hydrazone groups is 1. The zero-order valence-electron chi connectivity index (χ0n) is 13.1. The Bertz CT molecular complexity index is 960. The number of aromatic nitrogens is 2. The normalized spacial score (nSPS) is 10.9. The van der Waals surface area contributed by atoms with Gasteiger partial charge in [-0.25, -0.2) is 5.43 Å². The number of nitrogens with one attached hydrogen (secondary N) is 2. The van der Waals surface area contributed by atoms with Crippen LogP contribution in [0, 0.1) is 17.0 Å². The van der Waals surface area contributed by atoms with E-state index in [0.29, 0.717) is 5.56 Å². The molecule has 0 radical (unpaired) electrons. The van der Waals surface area contributed by atoms with Crippen molar-refractivity contribution in [2.45, 2.75) is 6.92 Å². The van der Waals surface area contributed by atoms with Crippen molar-refractivity contribution in [3.05, 3.63) is 68.7 Å². The Labute approximate surface area is 146 Å². The summed E-state index contributed by atoms with van der Waals surface area (Å²) >= 11 is 1.60. The fourth-order valence-corrected chi connectivity index (χ4v) is 2.92. The lowest BCUT2D eigenvalue weighted by atomic mass is 10.2. The van der Waals surface area contributed by atoms with Crippen LogP contribution >= 0.6 is 11.3 Å². The van der Waals surface area contributed by atoms with Gasteiger partial charge in [0.05, 0.1) is 21.7 Å². The Morgan fingerprint density at radius 1 is 1.36 bits per heavy atom. The highest BCUT2D eigenvalue weighted by atomic mass is 32.1. The van der Waals surface area contributed by atoms with Gasteiger partial charge in [-0.15, -0.1) is 11.3 Å². The summed E-state index contributed by atoms with van der Waals surface area (Å²) in [6.07, 6.45) is 1.33. The highest BCUT2D eigenvalue weighted by molar-refractivity contribution is 7.15. The molecule has 0 atom stereocenters. The van der Waals surface area contributed by atoms with E-state index in [1.807, 2.05) is 19.1 Å². The van der Waals surface area contributed by atoms with Crippen molar-refractivity contribution >= 4 is 29.1 Å². The van der Waals surface area contributed by atoms with Gasteiger partial charge in [0.1, 0.15) is 0 Å². The van der Waals surface area contributed by atoms with E-state index in [1.165, 1.54) is 18.3 Å². The third-order valence-corrected chi connectivity index (χ3v) is 4.31. The molecule has 0 spiro atoms. The molecule has 2 N–H and O–H groups in total. The Hall–Kier alpha value is -3.33. The van der Waals surface area contributed by atoms with Crippen molar-refractivity contribution < 1.29 is 9.72 Å². The summed E-state index contributed by atoms with van der Waals surface area (Å²) in [5, 5.41) is 21.3. The number of aromatic amines is 1. The van der Waals surface area contributed by atoms with Gasteiger partial charge in [0.15, 0.2) is 5.69 Å². The van der Waals surface area contributed by atoms with E-state index >= 15 is 0 Å². The number of nitro benzene ring substituents is 1. The summed E-state index contributed by atoms with van der Waals surface area (Å²) < 4.78 is 0. The zero-order chi connectivity index (χ0) is 17.8. The zero-order valence-corrected chi connectivity index (χ0v) is 13.9. The average molecular weight is 355 g/mol. The lowest BCUT2D eigenvalue weighted by Gasteiger charge is -1.96. The number of carbonyl (C=O) groups excluding carboxylic acids is 1.